The van der Waals surface area contributed by atoms with Crippen molar-refractivity contribution in [2.24, 2.45) is 0 Å². The molecule has 0 fully saturated rings. The third-order valence-corrected chi connectivity index (χ3v) is 4.00. The first-order valence-corrected chi connectivity index (χ1v) is 7.41. The molecular weight excluding hydrogens is 296 g/mol. The number of nitrogens with one attached hydrogen (secondary N) is 1. The molecule has 1 amide bonds. The van der Waals surface area contributed by atoms with Gasteiger partial charge in [0.15, 0.2) is 11.5 Å². The first kappa shape index (κ1) is 15.1. The summed E-state index contributed by atoms with van der Waals surface area (Å²) in [6, 6.07) is 4.98. The average molecular weight is 314 g/mol. The lowest BCUT2D eigenvalue weighted by Gasteiger charge is -2.08. The Labute approximate surface area is 133 Å². The highest BCUT2D eigenvalue weighted by atomic mass is 16.5. The fourth-order valence-corrected chi connectivity index (χ4v) is 2.87. The summed E-state index contributed by atoms with van der Waals surface area (Å²) in [6.45, 7) is 1.74. The number of furan rings is 1. The standard InChI is InChI=1S/C17H18N2O4/c1-9-15-12(20)4-3-5-14(15)23-16(9)17(21)19-10-6-7-13(22-2)11(18)8-10/h6-8H,3-5,18H2,1-2H3,(H,19,21). The van der Waals surface area contributed by atoms with Crippen LogP contribution in [0.1, 0.15) is 45.1 Å². The molecule has 1 aromatic heterocycles. The minimum atomic E-state index is -0.394. The SMILES string of the molecule is COc1ccc(NC(=O)c2oc3c(c2C)C(=O)CCC3)cc1N. The molecule has 1 aliphatic rings. The van der Waals surface area contributed by atoms with Crippen molar-refractivity contribution >= 4 is 23.1 Å². The van der Waals surface area contributed by atoms with Crippen molar-refractivity contribution in [3.05, 3.63) is 40.8 Å². The molecular formula is C17H18N2O4. The molecule has 6 heteroatoms. The van der Waals surface area contributed by atoms with Gasteiger partial charge in [-0.05, 0) is 31.5 Å². The van der Waals surface area contributed by atoms with E-state index in [0.717, 1.165) is 6.42 Å². The number of aryl methyl sites for hydroxylation is 1. The van der Waals surface area contributed by atoms with Crippen LogP contribution in [0.3, 0.4) is 0 Å². The maximum Gasteiger partial charge on any atom is 0.291 e. The zero-order chi connectivity index (χ0) is 16.6. The Kier molecular flexibility index (Phi) is 3.82. The van der Waals surface area contributed by atoms with Crippen LogP contribution in [0, 0.1) is 6.92 Å². The number of rotatable bonds is 3. The molecule has 3 rings (SSSR count). The summed E-state index contributed by atoms with van der Waals surface area (Å²) >= 11 is 0. The summed E-state index contributed by atoms with van der Waals surface area (Å²) in [6.07, 6.45) is 1.95. The first-order chi connectivity index (χ1) is 11.0. The summed E-state index contributed by atoms with van der Waals surface area (Å²) in [4.78, 5) is 24.4. The number of methoxy groups -OCH3 is 1. The Morgan fingerprint density at radius 2 is 2.13 bits per heavy atom. The number of carbonyl (C=O) groups is 2. The molecule has 0 saturated heterocycles. The van der Waals surface area contributed by atoms with Crippen molar-refractivity contribution in [2.45, 2.75) is 26.2 Å². The molecule has 23 heavy (non-hydrogen) atoms. The van der Waals surface area contributed by atoms with Crippen molar-refractivity contribution in [2.75, 3.05) is 18.2 Å². The summed E-state index contributed by atoms with van der Waals surface area (Å²) < 4.78 is 10.7. The monoisotopic (exact) mass is 314 g/mol. The molecule has 0 unspecified atom stereocenters. The predicted molar refractivity (Wildman–Crippen MR) is 86.1 cm³/mol. The number of carbonyl (C=O) groups excluding carboxylic acids is 2. The Morgan fingerprint density at radius 1 is 1.35 bits per heavy atom. The van der Waals surface area contributed by atoms with Gasteiger partial charge in [-0.1, -0.05) is 0 Å². The van der Waals surface area contributed by atoms with E-state index in [1.165, 1.54) is 7.11 Å². The highest BCUT2D eigenvalue weighted by Gasteiger charge is 2.28. The quantitative estimate of drug-likeness (QED) is 0.849. The van der Waals surface area contributed by atoms with E-state index in [1.54, 1.807) is 25.1 Å². The lowest BCUT2D eigenvalue weighted by atomic mass is 9.94. The number of anilines is 2. The van der Waals surface area contributed by atoms with E-state index >= 15 is 0 Å². The number of nitrogens with two attached hydrogens (primary N) is 1. The van der Waals surface area contributed by atoms with Gasteiger partial charge in [0.05, 0.1) is 18.4 Å². The molecule has 0 spiro atoms. The highest BCUT2D eigenvalue weighted by Crippen LogP contribution is 2.30. The fraction of sp³-hybridized carbons (Fsp3) is 0.294. The third kappa shape index (κ3) is 2.67. The molecule has 6 nitrogen and oxygen atoms in total. The molecule has 0 saturated carbocycles. The van der Waals surface area contributed by atoms with Crippen molar-refractivity contribution in [3.8, 4) is 5.75 Å². The van der Waals surface area contributed by atoms with Gasteiger partial charge in [-0.2, -0.15) is 0 Å². The second-order valence-electron chi connectivity index (χ2n) is 5.54. The maximum atomic E-state index is 12.4. The van der Waals surface area contributed by atoms with E-state index in [-0.39, 0.29) is 11.5 Å². The number of Topliss-reactive ketones (excluding diaryl/α,β-unsaturated/α-hetero) is 1. The predicted octanol–water partition coefficient (Wildman–Crippen LogP) is 2.95. The van der Waals surface area contributed by atoms with Gasteiger partial charge in [0.25, 0.3) is 5.91 Å². The molecule has 0 aliphatic heterocycles. The van der Waals surface area contributed by atoms with Crippen molar-refractivity contribution in [1.82, 2.24) is 0 Å². The van der Waals surface area contributed by atoms with Crippen LogP contribution in [0.15, 0.2) is 22.6 Å². The van der Waals surface area contributed by atoms with Gasteiger partial charge >= 0.3 is 0 Å². The largest absolute Gasteiger partial charge is 0.495 e. The third-order valence-electron chi connectivity index (χ3n) is 4.00. The zero-order valence-corrected chi connectivity index (χ0v) is 13.1. The van der Waals surface area contributed by atoms with Crippen LogP contribution in [-0.2, 0) is 6.42 Å². The van der Waals surface area contributed by atoms with Crippen LogP contribution in [0.25, 0.3) is 0 Å². The fourth-order valence-electron chi connectivity index (χ4n) is 2.87. The Bertz CT molecular complexity index is 792. The molecule has 1 aliphatic carbocycles. The smallest absolute Gasteiger partial charge is 0.291 e. The lowest BCUT2D eigenvalue weighted by molar-refractivity contribution is 0.0963. The second-order valence-corrected chi connectivity index (χ2v) is 5.54. The molecule has 0 bridgehead atoms. The van der Waals surface area contributed by atoms with E-state index in [2.05, 4.69) is 5.32 Å². The minimum absolute atomic E-state index is 0.0419. The molecule has 0 radical (unpaired) electrons. The Balaban J connectivity index is 1.87. The highest BCUT2D eigenvalue weighted by molar-refractivity contribution is 6.07. The summed E-state index contributed by atoms with van der Waals surface area (Å²) in [5.74, 6) is 0.977. The normalized spacial score (nSPS) is 13.6. The number of ketones is 1. The summed E-state index contributed by atoms with van der Waals surface area (Å²) in [7, 11) is 1.53. The number of ether oxygens (including phenoxy) is 1. The molecule has 0 atom stereocenters. The number of hydrogen-bond donors (Lipinski definition) is 2. The second kappa shape index (κ2) is 5.79. The van der Waals surface area contributed by atoms with E-state index in [9.17, 15) is 9.59 Å². The summed E-state index contributed by atoms with van der Waals surface area (Å²) in [5.41, 5.74) is 7.96. The number of nitrogen functional groups attached to an aromatic ring is 1. The molecule has 3 N–H and O–H groups in total. The number of fused-ring (bicyclic) bond motifs is 1. The van der Waals surface area contributed by atoms with Gasteiger partial charge in [0.1, 0.15) is 11.5 Å². The average Bonchev–Trinajstić information content (AvgIpc) is 2.86. The van der Waals surface area contributed by atoms with Crippen LogP contribution < -0.4 is 15.8 Å². The van der Waals surface area contributed by atoms with Gasteiger partial charge in [0, 0.05) is 24.1 Å². The van der Waals surface area contributed by atoms with Crippen molar-refractivity contribution in [3.63, 3.8) is 0 Å². The van der Waals surface area contributed by atoms with Crippen LogP contribution in [0.2, 0.25) is 0 Å². The van der Waals surface area contributed by atoms with Gasteiger partial charge in [0.2, 0.25) is 0 Å². The molecule has 2 aromatic rings. The molecule has 1 heterocycles. The Hall–Kier alpha value is -2.76. The van der Waals surface area contributed by atoms with E-state index in [4.69, 9.17) is 14.9 Å². The zero-order valence-electron chi connectivity index (χ0n) is 13.1. The van der Waals surface area contributed by atoms with E-state index in [0.29, 0.717) is 46.9 Å². The maximum absolute atomic E-state index is 12.4. The first-order valence-electron chi connectivity index (χ1n) is 7.41. The minimum Gasteiger partial charge on any atom is -0.495 e. The number of amides is 1. The van der Waals surface area contributed by atoms with E-state index < -0.39 is 5.91 Å². The Morgan fingerprint density at radius 3 is 2.78 bits per heavy atom. The van der Waals surface area contributed by atoms with E-state index in [1.807, 2.05) is 0 Å². The van der Waals surface area contributed by atoms with Crippen molar-refractivity contribution in [1.29, 1.82) is 0 Å². The lowest BCUT2D eigenvalue weighted by Crippen LogP contribution is -2.13. The molecule has 120 valence electrons. The topological polar surface area (TPSA) is 94.6 Å². The number of hydrogen-bond acceptors (Lipinski definition) is 5. The van der Waals surface area contributed by atoms with Gasteiger partial charge in [-0.25, -0.2) is 0 Å². The van der Waals surface area contributed by atoms with Gasteiger partial charge in [-0.3, -0.25) is 9.59 Å². The van der Waals surface area contributed by atoms with Crippen LogP contribution in [-0.4, -0.2) is 18.8 Å². The molecule has 1 aromatic carbocycles. The van der Waals surface area contributed by atoms with Gasteiger partial charge < -0.3 is 20.2 Å². The van der Waals surface area contributed by atoms with Gasteiger partial charge in [-0.15, -0.1) is 0 Å². The number of benzene rings is 1. The summed E-state index contributed by atoms with van der Waals surface area (Å²) in [5, 5.41) is 2.74. The van der Waals surface area contributed by atoms with Crippen LogP contribution >= 0.6 is 0 Å². The van der Waals surface area contributed by atoms with Crippen LogP contribution in [0.4, 0.5) is 11.4 Å². The van der Waals surface area contributed by atoms with Crippen molar-refractivity contribution < 1.29 is 18.7 Å². The van der Waals surface area contributed by atoms with Crippen LogP contribution in [0.5, 0.6) is 5.75 Å².